The van der Waals surface area contributed by atoms with E-state index in [1.165, 1.54) is 7.11 Å². The molecule has 0 unspecified atom stereocenters. The SMILES string of the molecule is COC(=O)c1cc(NC(=O)c2ccccc2SCc2c(C)noc2C)cc(C)c1C. The molecule has 3 rings (SSSR count). The van der Waals surface area contributed by atoms with Crippen LogP contribution in [0.15, 0.2) is 45.8 Å². The molecule has 1 amide bonds. The van der Waals surface area contributed by atoms with E-state index in [-0.39, 0.29) is 5.91 Å². The number of nitrogens with one attached hydrogen (secondary N) is 1. The lowest BCUT2D eigenvalue weighted by Crippen LogP contribution is -2.14. The summed E-state index contributed by atoms with van der Waals surface area (Å²) in [7, 11) is 1.34. The van der Waals surface area contributed by atoms with Crippen LogP contribution in [0.4, 0.5) is 5.69 Å². The van der Waals surface area contributed by atoms with Crippen LogP contribution in [0.25, 0.3) is 0 Å². The molecule has 0 aliphatic rings. The number of hydrogen-bond acceptors (Lipinski definition) is 6. The number of anilines is 1. The van der Waals surface area contributed by atoms with Crippen LogP contribution >= 0.6 is 11.8 Å². The second-order valence-corrected chi connectivity index (χ2v) is 8.02. The fourth-order valence-electron chi connectivity index (χ4n) is 3.09. The average molecular weight is 425 g/mol. The molecule has 0 aliphatic heterocycles. The summed E-state index contributed by atoms with van der Waals surface area (Å²) < 4.78 is 10.1. The quantitative estimate of drug-likeness (QED) is 0.430. The van der Waals surface area contributed by atoms with Gasteiger partial charge in [0.2, 0.25) is 0 Å². The second-order valence-electron chi connectivity index (χ2n) is 7.00. The van der Waals surface area contributed by atoms with Crippen LogP contribution in [0.2, 0.25) is 0 Å². The number of carbonyl (C=O) groups excluding carboxylic acids is 2. The van der Waals surface area contributed by atoms with Crippen LogP contribution in [0.3, 0.4) is 0 Å². The van der Waals surface area contributed by atoms with Crippen molar-refractivity contribution in [3.8, 4) is 0 Å². The van der Waals surface area contributed by atoms with Crippen LogP contribution in [0.5, 0.6) is 0 Å². The normalized spacial score (nSPS) is 10.7. The largest absolute Gasteiger partial charge is 0.465 e. The number of benzene rings is 2. The molecule has 6 nitrogen and oxygen atoms in total. The summed E-state index contributed by atoms with van der Waals surface area (Å²) in [5.41, 5.74) is 5.17. The van der Waals surface area contributed by atoms with Crippen LogP contribution in [-0.2, 0) is 10.5 Å². The highest BCUT2D eigenvalue weighted by Crippen LogP contribution is 2.29. The predicted octanol–water partition coefficient (Wildman–Crippen LogP) is 5.24. The Labute approximate surface area is 180 Å². The van der Waals surface area contributed by atoms with Crippen molar-refractivity contribution in [3.63, 3.8) is 0 Å². The van der Waals surface area contributed by atoms with Gasteiger partial charge in [0.1, 0.15) is 5.76 Å². The molecule has 1 aromatic heterocycles. The van der Waals surface area contributed by atoms with Crippen LogP contribution < -0.4 is 5.32 Å². The van der Waals surface area contributed by atoms with Gasteiger partial charge in [-0.2, -0.15) is 0 Å². The fraction of sp³-hybridized carbons (Fsp3) is 0.261. The van der Waals surface area contributed by atoms with Crippen molar-refractivity contribution in [1.82, 2.24) is 5.16 Å². The molecule has 2 aromatic carbocycles. The summed E-state index contributed by atoms with van der Waals surface area (Å²) in [5, 5.41) is 6.89. The number of esters is 1. The molecule has 1 heterocycles. The van der Waals surface area contributed by atoms with Crippen LogP contribution in [0, 0.1) is 27.7 Å². The third-order valence-electron chi connectivity index (χ3n) is 5.02. The summed E-state index contributed by atoms with van der Waals surface area (Å²) in [4.78, 5) is 25.9. The smallest absolute Gasteiger partial charge is 0.338 e. The molecule has 0 saturated heterocycles. The number of carbonyl (C=O) groups is 2. The van der Waals surface area contributed by atoms with Gasteiger partial charge in [-0.15, -0.1) is 11.8 Å². The lowest BCUT2D eigenvalue weighted by Gasteiger charge is -2.13. The van der Waals surface area contributed by atoms with Gasteiger partial charge in [0.25, 0.3) is 5.91 Å². The number of aryl methyl sites for hydroxylation is 3. The summed E-state index contributed by atoms with van der Waals surface area (Å²) in [6.45, 7) is 7.54. The van der Waals surface area contributed by atoms with Gasteiger partial charge in [0.05, 0.1) is 23.9 Å². The Bertz CT molecular complexity index is 1090. The van der Waals surface area contributed by atoms with Crippen molar-refractivity contribution in [3.05, 3.63) is 75.7 Å². The molecule has 0 spiro atoms. The maximum absolute atomic E-state index is 13.0. The number of amides is 1. The highest BCUT2D eigenvalue weighted by atomic mass is 32.2. The maximum atomic E-state index is 13.0. The third-order valence-corrected chi connectivity index (χ3v) is 6.12. The van der Waals surface area contributed by atoms with Crippen molar-refractivity contribution < 1.29 is 18.8 Å². The Morgan fingerprint density at radius 1 is 1.10 bits per heavy atom. The highest BCUT2D eigenvalue weighted by molar-refractivity contribution is 7.98. The Morgan fingerprint density at radius 3 is 2.50 bits per heavy atom. The lowest BCUT2D eigenvalue weighted by molar-refractivity contribution is 0.0599. The van der Waals surface area contributed by atoms with E-state index in [1.807, 2.05) is 52.0 Å². The molecule has 0 radical (unpaired) electrons. The van der Waals surface area contributed by atoms with Crippen molar-refractivity contribution >= 4 is 29.3 Å². The van der Waals surface area contributed by atoms with Gasteiger partial charge >= 0.3 is 5.97 Å². The number of ether oxygens (including phenoxy) is 1. The zero-order valence-electron chi connectivity index (χ0n) is 17.7. The minimum absolute atomic E-state index is 0.240. The number of aromatic nitrogens is 1. The average Bonchev–Trinajstić information content (AvgIpc) is 3.06. The van der Waals surface area contributed by atoms with E-state index in [0.717, 1.165) is 33.0 Å². The van der Waals surface area contributed by atoms with E-state index < -0.39 is 5.97 Å². The minimum Gasteiger partial charge on any atom is -0.465 e. The molecule has 1 N–H and O–H groups in total. The van der Waals surface area contributed by atoms with Gasteiger partial charge in [-0.25, -0.2) is 4.79 Å². The minimum atomic E-state index is -0.429. The third kappa shape index (κ3) is 4.57. The summed E-state index contributed by atoms with van der Waals surface area (Å²) >= 11 is 1.55. The Kier molecular flexibility index (Phi) is 6.62. The number of thioether (sulfide) groups is 1. The number of hydrogen-bond donors (Lipinski definition) is 1. The molecule has 0 saturated carbocycles. The van der Waals surface area contributed by atoms with Crippen molar-refractivity contribution in [2.45, 2.75) is 38.3 Å². The van der Waals surface area contributed by atoms with E-state index in [0.29, 0.717) is 22.6 Å². The highest BCUT2D eigenvalue weighted by Gasteiger charge is 2.17. The van der Waals surface area contributed by atoms with Gasteiger partial charge in [-0.3, -0.25) is 4.79 Å². The maximum Gasteiger partial charge on any atom is 0.338 e. The Balaban J connectivity index is 1.83. The summed E-state index contributed by atoms with van der Waals surface area (Å²) in [6.07, 6.45) is 0. The lowest BCUT2D eigenvalue weighted by atomic mass is 10.0. The molecular formula is C23H24N2O4S. The van der Waals surface area contributed by atoms with E-state index >= 15 is 0 Å². The number of rotatable bonds is 6. The molecule has 156 valence electrons. The van der Waals surface area contributed by atoms with E-state index in [9.17, 15) is 9.59 Å². The zero-order chi connectivity index (χ0) is 21.8. The van der Waals surface area contributed by atoms with Crippen molar-refractivity contribution in [2.75, 3.05) is 12.4 Å². The molecule has 3 aromatic rings. The topological polar surface area (TPSA) is 81.4 Å². The van der Waals surface area contributed by atoms with Gasteiger partial charge in [-0.1, -0.05) is 17.3 Å². The molecule has 0 aliphatic carbocycles. The monoisotopic (exact) mass is 424 g/mol. The molecule has 0 atom stereocenters. The summed E-state index contributed by atoms with van der Waals surface area (Å²) in [5.74, 6) is 0.771. The molecule has 0 bridgehead atoms. The Morgan fingerprint density at radius 2 is 1.83 bits per heavy atom. The zero-order valence-corrected chi connectivity index (χ0v) is 18.5. The van der Waals surface area contributed by atoms with E-state index in [1.54, 1.807) is 23.9 Å². The van der Waals surface area contributed by atoms with Crippen molar-refractivity contribution in [1.29, 1.82) is 0 Å². The molecule has 0 fully saturated rings. The first-order chi connectivity index (χ1) is 14.3. The molecule has 7 heteroatoms. The van der Waals surface area contributed by atoms with Gasteiger partial charge in [0.15, 0.2) is 0 Å². The van der Waals surface area contributed by atoms with E-state index in [4.69, 9.17) is 9.26 Å². The van der Waals surface area contributed by atoms with Crippen LogP contribution in [0.1, 0.15) is 48.9 Å². The fourth-order valence-corrected chi connectivity index (χ4v) is 4.29. The summed E-state index contributed by atoms with van der Waals surface area (Å²) in [6, 6.07) is 10.9. The first-order valence-electron chi connectivity index (χ1n) is 9.46. The molecular weight excluding hydrogens is 400 g/mol. The predicted molar refractivity (Wildman–Crippen MR) is 117 cm³/mol. The molecule has 30 heavy (non-hydrogen) atoms. The first-order valence-corrected chi connectivity index (χ1v) is 10.4. The number of nitrogens with zero attached hydrogens (tertiary/aromatic N) is 1. The van der Waals surface area contributed by atoms with Gasteiger partial charge in [0, 0.05) is 21.9 Å². The van der Waals surface area contributed by atoms with Gasteiger partial charge in [-0.05, 0) is 63.1 Å². The van der Waals surface area contributed by atoms with Crippen molar-refractivity contribution in [2.24, 2.45) is 0 Å². The number of methoxy groups -OCH3 is 1. The second kappa shape index (κ2) is 9.17. The van der Waals surface area contributed by atoms with Crippen LogP contribution in [-0.4, -0.2) is 24.1 Å². The first kappa shape index (κ1) is 21.6. The van der Waals surface area contributed by atoms with Gasteiger partial charge < -0.3 is 14.6 Å². The van der Waals surface area contributed by atoms with E-state index in [2.05, 4.69) is 10.5 Å². The Hall–Kier alpha value is -3.06. The standard InChI is InChI=1S/C23H24N2O4S/c1-13-10-17(11-19(14(13)2)23(27)28-5)24-22(26)18-8-6-7-9-21(18)30-12-20-15(3)25-29-16(20)4/h6-11H,12H2,1-5H3,(H,24,26).